The van der Waals surface area contributed by atoms with Crippen LogP contribution in [-0.4, -0.2) is 36.1 Å². The van der Waals surface area contributed by atoms with Crippen molar-refractivity contribution in [3.05, 3.63) is 65.0 Å². The Morgan fingerprint density at radius 1 is 1.00 bits per heavy atom. The number of anilines is 1. The van der Waals surface area contributed by atoms with Crippen LogP contribution in [0.3, 0.4) is 0 Å². The molecule has 2 aromatic rings. The van der Waals surface area contributed by atoms with E-state index in [9.17, 15) is 18.8 Å². The summed E-state index contributed by atoms with van der Waals surface area (Å²) in [4.78, 5) is 37.8. The molecule has 0 radical (unpaired) electrons. The molecular formula is C21H23FN2O3. The monoisotopic (exact) mass is 370 g/mol. The molecule has 0 atom stereocenters. The predicted octanol–water partition coefficient (Wildman–Crippen LogP) is 3.50. The predicted molar refractivity (Wildman–Crippen MR) is 102 cm³/mol. The van der Waals surface area contributed by atoms with Gasteiger partial charge in [0.15, 0.2) is 5.78 Å². The molecule has 0 aliphatic rings. The normalized spacial score (nSPS) is 10.4. The van der Waals surface area contributed by atoms with Gasteiger partial charge >= 0.3 is 0 Å². The lowest BCUT2D eigenvalue weighted by molar-refractivity contribution is -0.133. The summed E-state index contributed by atoms with van der Waals surface area (Å²) in [6.07, 6.45) is 0.125. The van der Waals surface area contributed by atoms with Gasteiger partial charge in [-0.15, -0.1) is 0 Å². The molecule has 2 rings (SSSR count). The van der Waals surface area contributed by atoms with Crippen molar-refractivity contribution in [3.8, 4) is 0 Å². The number of nitrogens with one attached hydrogen (secondary N) is 1. The Kier molecular flexibility index (Phi) is 6.82. The third kappa shape index (κ3) is 6.02. The van der Waals surface area contributed by atoms with E-state index in [1.807, 2.05) is 32.0 Å². The highest BCUT2D eigenvalue weighted by atomic mass is 19.1. The Morgan fingerprint density at radius 2 is 1.67 bits per heavy atom. The van der Waals surface area contributed by atoms with E-state index in [1.165, 1.54) is 36.2 Å². The molecule has 5 nitrogen and oxygen atoms in total. The van der Waals surface area contributed by atoms with Gasteiger partial charge in [-0.05, 0) is 49.7 Å². The Morgan fingerprint density at radius 3 is 2.33 bits per heavy atom. The number of carbonyl (C=O) groups excluding carboxylic acids is 3. The van der Waals surface area contributed by atoms with Crippen LogP contribution in [0.1, 0.15) is 34.3 Å². The minimum absolute atomic E-state index is 0.0343. The number of Topliss-reactive ketones (excluding diaryl/α,β-unsaturated/α-hetero) is 1. The van der Waals surface area contributed by atoms with E-state index in [0.717, 1.165) is 11.1 Å². The summed E-state index contributed by atoms with van der Waals surface area (Å²) in [6.45, 7) is 3.63. The molecule has 0 saturated heterocycles. The van der Waals surface area contributed by atoms with Crippen molar-refractivity contribution in [2.75, 3.05) is 18.9 Å². The van der Waals surface area contributed by atoms with Gasteiger partial charge in [0.2, 0.25) is 11.8 Å². The lowest BCUT2D eigenvalue weighted by Gasteiger charge is -2.17. The van der Waals surface area contributed by atoms with Crippen LogP contribution in [0.2, 0.25) is 0 Å². The van der Waals surface area contributed by atoms with Crippen LogP contribution in [0.5, 0.6) is 0 Å². The maximum absolute atomic E-state index is 12.9. The van der Waals surface area contributed by atoms with E-state index in [1.54, 1.807) is 0 Å². The van der Waals surface area contributed by atoms with Crippen molar-refractivity contribution in [1.82, 2.24) is 4.90 Å². The Labute approximate surface area is 158 Å². The second kappa shape index (κ2) is 9.07. The molecule has 142 valence electrons. The van der Waals surface area contributed by atoms with Crippen molar-refractivity contribution in [3.63, 3.8) is 0 Å². The number of carbonyl (C=O) groups is 3. The smallest absolute Gasteiger partial charge is 0.243 e. The van der Waals surface area contributed by atoms with E-state index in [4.69, 9.17) is 0 Å². The zero-order valence-corrected chi connectivity index (χ0v) is 15.7. The third-order valence-electron chi connectivity index (χ3n) is 4.19. The third-order valence-corrected chi connectivity index (χ3v) is 4.19. The van der Waals surface area contributed by atoms with Crippen molar-refractivity contribution in [2.45, 2.75) is 26.7 Å². The molecule has 2 aromatic carbocycles. The molecule has 0 saturated carbocycles. The number of halogens is 1. The fourth-order valence-electron chi connectivity index (χ4n) is 2.62. The van der Waals surface area contributed by atoms with Crippen LogP contribution in [0.4, 0.5) is 10.1 Å². The average Bonchev–Trinajstić information content (AvgIpc) is 2.63. The fraction of sp³-hybridized carbons (Fsp3) is 0.286. The summed E-state index contributed by atoms with van der Waals surface area (Å²) >= 11 is 0. The summed E-state index contributed by atoms with van der Waals surface area (Å²) < 4.78 is 12.9. The first kappa shape index (κ1) is 20.3. The molecule has 1 N–H and O–H groups in total. The highest BCUT2D eigenvalue weighted by molar-refractivity contribution is 6.00. The van der Waals surface area contributed by atoms with Crippen LogP contribution < -0.4 is 5.32 Å². The van der Waals surface area contributed by atoms with E-state index < -0.39 is 11.7 Å². The highest BCUT2D eigenvalue weighted by Crippen LogP contribution is 2.14. The molecule has 0 bridgehead atoms. The van der Waals surface area contributed by atoms with Gasteiger partial charge in [-0.3, -0.25) is 14.4 Å². The second-order valence-corrected chi connectivity index (χ2v) is 6.55. The molecule has 0 aliphatic heterocycles. The first-order valence-corrected chi connectivity index (χ1v) is 8.66. The standard InChI is InChI=1S/C21H23FN2O3/c1-14-4-5-15(2)18(12-14)19(25)10-11-21(27)24(3)13-20(26)23-17-8-6-16(22)7-9-17/h4-9,12H,10-11,13H2,1-3H3,(H,23,26). The molecule has 0 fully saturated rings. The number of rotatable bonds is 7. The van der Waals surface area contributed by atoms with Crippen molar-refractivity contribution in [1.29, 1.82) is 0 Å². The summed E-state index contributed by atoms with van der Waals surface area (Å²) in [7, 11) is 1.51. The molecule has 0 aliphatic carbocycles. The van der Waals surface area contributed by atoms with Crippen LogP contribution in [0.25, 0.3) is 0 Å². The molecule has 0 heterocycles. The molecular weight excluding hydrogens is 347 g/mol. The Balaban J connectivity index is 1.84. The number of hydrogen-bond donors (Lipinski definition) is 1. The quantitative estimate of drug-likeness (QED) is 0.759. The molecule has 0 aromatic heterocycles. The van der Waals surface area contributed by atoms with Crippen molar-refractivity contribution >= 4 is 23.3 Å². The molecule has 0 spiro atoms. The first-order chi connectivity index (χ1) is 12.8. The SMILES string of the molecule is Cc1ccc(C)c(C(=O)CCC(=O)N(C)CC(=O)Nc2ccc(F)cc2)c1. The van der Waals surface area contributed by atoms with Crippen molar-refractivity contribution < 1.29 is 18.8 Å². The first-order valence-electron chi connectivity index (χ1n) is 8.66. The largest absolute Gasteiger partial charge is 0.336 e. The zero-order chi connectivity index (χ0) is 20.0. The summed E-state index contributed by atoms with van der Waals surface area (Å²) in [5, 5.41) is 2.59. The number of amides is 2. The van der Waals surface area contributed by atoms with E-state index in [0.29, 0.717) is 11.3 Å². The van der Waals surface area contributed by atoms with E-state index >= 15 is 0 Å². The average molecular weight is 370 g/mol. The van der Waals surface area contributed by atoms with E-state index in [2.05, 4.69) is 5.32 Å². The minimum atomic E-state index is -0.395. The Bertz CT molecular complexity index is 847. The van der Waals surface area contributed by atoms with Crippen LogP contribution >= 0.6 is 0 Å². The number of nitrogens with zero attached hydrogens (tertiary/aromatic N) is 1. The van der Waals surface area contributed by atoms with Gasteiger partial charge in [-0.2, -0.15) is 0 Å². The molecule has 27 heavy (non-hydrogen) atoms. The van der Waals surface area contributed by atoms with Gasteiger partial charge in [0, 0.05) is 31.1 Å². The zero-order valence-electron chi connectivity index (χ0n) is 15.7. The number of benzene rings is 2. The number of aryl methyl sites for hydroxylation is 2. The maximum Gasteiger partial charge on any atom is 0.243 e. The number of ketones is 1. The number of hydrogen-bond acceptors (Lipinski definition) is 3. The molecule has 6 heteroatoms. The van der Waals surface area contributed by atoms with Gasteiger partial charge in [-0.1, -0.05) is 17.7 Å². The van der Waals surface area contributed by atoms with Gasteiger partial charge in [0.25, 0.3) is 0 Å². The minimum Gasteiger partial charge on any atom is -0.336 e. The van der Waals surface area contributed by atoms with E-state index in [-0.39, 0.29) is 31.1 Å². The Hall–Kier alpha value is -3.02. The van der Waals surface area contributed by atoms with Crippen molar-refractivity contribution in [2.24, 2.45) is 0 Å². The van der Waals surface area contributed by atoms with Crippen LogP contribution in [0, 0.1) is 19.7 Å². The lowest BCUT2D eigenvalue weighted by Crippen LogP contribution is -2.35. The van der Waals surface area contributed by atoms with Gasteiger partial charge < -0.3 is 10.2 Å². The summed E-state index contributed by atoms with van der Waals surface area (Å²) in [5.41, 5.74) is 2.95. The second-order valence-electron chi connectivity index (χ2n) is 6.55. The highest BCUT2D eigenvalue weighted by Gasteiger charge is 2.16. The maximum atomic E-state index is 12.9. The molecule has 2 amide bonds. The molecule has 0 unspecified atom stereocenters. The summed E-state index contributed by atoms with van der Waals surface area (Å²) in [6, 6.07) is 11.0. The fourth-order valence-corrected chi connectivity index (χ4v) is 2.62. The van der Waals surface area contributed by atoms with Gasteiger partial charge in [0.05, 0.1) is 6.54 Å². The van der Waals surface area contributed by atoms with Crippen LogP contribution in [0.15, 0.2) is 42.5 Å². The van der Waals surface area contributed by atoms with Gasteiger partial charge in [0.1, 0.15) is 5.82 Å². The summed E-state index contributed by atoms with van der Waals surface area (Å²) in [5.74, 6) is -1.16. The number of likely N-dealkylation sites (N-methyl/N-ethyl adjacent to an activating group) is 1. The van der Waals surface area contributed by atoms with Gasteiger partial charge in [-0.25, -0.2) is 4.39 Å². The lowest BCUT2D eigenvalue weighted by atomic mass is 9.99. The van der Waals surface area contributed by atoms with Crippen LogP contribution in [-0.2, 0) is 9.59 Å². The topological polar surface area (TPSA) is 66.5 Å².